The Morgan fingerprint density at radius 1 is 1.23 bits per heavy atom. The van der Waals surface area contributed by atoms with E-state index in [4.69, 9.17) is 0 Å². The van der Waals surface area contributed by atoms with E-state index in [0.717, 1.165) is 24.8 Å². The first kappa shape index (κ1) is 16.5. The van der Waals surface area contributed by atoms with Crippen LogP contribution in [0, 0.1) is 12.3 Å². The number of carbonyl (C=O) groups is 2. The third kappa shape index (κ3) is 4.33. The number of hydrogen-bond acceptors (Lipinski definition) is 2. The van der Waals surface area contributed by atoms with Crippen molar-refractivity contribution in [2.75, 3.05) is 6.54 Å². The second-order valence-electron chi connectivity index (χ2n) is 6.41. The summed E-state index contributed by atoms with van der Waals surface area (Å²) in [5.41, 5.74) is 1.57. The van der Waals surface area contributed by atoms with Crippen molar-refractivity contribution in [1.82, 2.24) is 5.32 Å². The molecule has 0 aliphatic heterocycles. The van der Waals surface area contributed by atoms with Crippen molar-refractivity contribution in [3.05, 3.63) is 35.4 Å². The van der Waals surface area contributed by atoms with Crippen molar-refractivity contribution in [3.63, 3.8) is 0 Å². The quantitative estimate of drug-likeness (QED) is 0.848. The fourth-order valence-corrected chi connectivity index (χ4v) is 3.18. The summed E-state index contributed by atoms with van der Waals surface area (Å²) < 4.78 is 0. The van der Waals surface area contributed by atoms with Crippen molar-refractivity contribution in [2.45, 2.75) is 51.9 Å². The van der Waals surface area contributed by atoms with E-state index in [9.17, 15) is 14.7 Å². The van der Waals surface area contributed by atoms with Gasteiger partial charge in [-0.05, 0) is 31.7 Å². The van der Waals surface area contributed by atoms with Gasteiger partial charge in [0, 0.05) is 13.0 Å². The molecule has 1 amide bonds. The van der Waals surface area contributed by atoms with Gasteiger partial charge < -0.3 is 10.4 Å². The van der Waals surface area contributed by atoms with E-state index < -0.39 is 11.4 Å². The van der Waals surface area contributed by atoms with Crippen LogP contribution in [0.3, 0.4) is 0 Å². The zero-order valence-corrected chi connectivity index (χ0v) is 13.2. The molecule has 0 spiro atoms. The summed E-state index contributed by atoms with van der Waals surface area (Å²) in [6, 6.07) is 8.11. The fourth-order valence-electron chi connectivity index (χ4n) is 3.18. The molecule has 1 aromatic carbocycles. The van der Waals surface area contributed by atoms with E-state index in [1.807, 2.05) is 25.1 Å². The number of hydrogen-bond donors (Lipinski definition) is 2. The molecule has 1 fully saturated rings. The van der Waals surface area contributed by atoms with E-state index in [0.29, 0.717) is 25.7 Å². The van der Waals surface area contributed by atoms with Crippen LogP contribution in [0.4, 0.5) is 0 Å². The predicted octanol–water partition coefficient (Wildman–Crippen LogP) is 3.08. The molecule has 0 unspecified atom stereocenters. The van der Waals surface area contributed by atoms with Crippen LogP contribution in [0.1, 0.15) is 49.7 Å². The van der Waals surface area contributed by atoms with E-state index in [1.165, 1.54) is 5.56 Å². The smallest absolute Gasteiger partial charge is 0.311 e. The Balaban J connectivity index is 1.82. The SMILES string of the molecule is Cc1cccc(CCC(=O)NCC2(C(=O)O)CCCCC2)c1. The molecular weight excluding hydrogens is 278 g/mol. The minimum Gasteiger partial charge on any atom is -0.481 e. The zero-order valence-electron chi connectivity index (χ0n) is 13.2. The van der Waals surface area contributed by atoms with Gasteiger partial charge in [0.15, 0.2) is 0 Å². The molecule has 0 atom stereocenters. The summed E-state index contributed by atoms with van der Waals surface area (Å²) >= 11 is 0. The lowest BCUT2D eigenvalue weighted by Gasteiger charge is -2.33. The summed E-state index contributed by atoms with van der Waals surface area (Å²) in [6.07, 6.45) is 5.39. The second kappa shape index (κ2) is 7.43. The maximum absolute atomic E-state index is 12.0. The number of nitrogens with one attached hydrogen (secondary N) is 1. The molecule has 0 radical (unpaired) electrons. The Hall–Kier alpha value is -1.84. The lowest BCUT2D eigenvalue weighted by Crippen LogP contribution is -2.44. The summed E-state index contributed by atoms with van der Waals surface area (Å²) in [6.45, 7) is 2.29. The van der Waals surface area contributed by atoms with Crippen LogP contribution < -0.4 is 5.32 Å². The van der Waals surface area contributed by atoms with Gasteiger partial charge in [-0.1, -0.05) is 49.1 Å². The highest BCUT2D eigenvalue weighted by Gasteiger charge is 2.39. The van der Waals surface area contributed by atoms with Gasteiger partial charge in [-0.25, -0.2) is 0 Å². The van der Waals surface area contributed by atoms with Gasteiger partial charge in [0.1, 0.15) is 0 Å². The molecule has 1 saturated carbocycles. The average Bonchev–Trinajstić information content (AvgIpc) is 2.52. The van der Waals surface area contributed by atoms with Gasteiger partial charge in [0.05, 0.1) is 5.41 Å². The molecule has 2 N–H and O–H groups in total. The van der Waals surface area contributed by atoms with Crippen LogP contribution in [0.2, 0.25) is 0 Å². The summed E-state index contributed by atoms with van der Waals surface area (Å²) in [5, 5.41) is 12.3. The molecule has 0 saturated heterocycles. The first-order valence-electron chi connectivity index (χ1n) is 8.07. The highest BCUT2D eigenvalue weighted by Crippen LogP contribution is 2.36. The summed E-state index contributed by atoms with van der Waals surface area (Å²) in [4.78, 5) is 23.6. The molecular formula is C18H25NO3. The number of benzene rings is 1. The lowest BCUT2D eigenvalue weighted by molar-refractivity contribution is -0.151. The van der Waals surface area contributed by atoms with Gasteiger partial charge >= 0.3 is 5.97 Å². The molecule has 1 aliphatic rings. The number of carbonyl (C=O) groups excluding carboxylic acids is 1. The normalized spacial score (nSPS) is 17.0. The van der Waals surface area contributed by atoms with Crippen molar-refractivity contribution in [2.24, 2.45) is 5.41 Å². The highest BCUT2D eigenvalue weighted by atomic mass is 16.4. The maximum Gasteiger partial charge on any atom is 0.311 e. The van der Waals surface area contributed by atoms with E-state index in [-0.39, 0.29) is 12.5 Å². The second-order valence-corrected chi connectivity index (χ2v) is 6.41. The summed E-state index contributed by atoms with van der Waals surface area (Å²) in [5.74, 6) is -0.834. The number of rotatable bonds is 6. The zero-order chi connectivity index (χ0) is 16.0. The number of aliphatic carboxylic acids is 1. The molecule has 2 rings (SSSR count). The molecule has 4 nitrogen and oxygen atoms in total. The van der Waals surface area contributed by atoms with Crippen LogP contribution in [0.15, 0.2) is 24.3 Å². The standard InChI is InChI=1S/C18H25NO3/c1-14-6-5-7-15(12-14)8-9-16(20)19-13-18(17(21)22)10-3-2-4-11-18/h5-7,12H,2-4,8-11,13H2,1H3,(H,19,20)(H,21,22). The monoisotopic (exact) mass is 303 g/mol. The Kier molecular flexibility index (Phi) is 5.58. The third-order valence-electron chi connectivity index (χ3n) is 4.61. The first-order chi connectivity index (χ1) is 10.5. The molecule has 4 heteroatoms. The Bertz CT molecular complexity index is 533. The number of amides is 1. The molecule has 0 heterocycles. The topological polar surface area (TPSA) is 66.4 Å². The number of carboxylic acid groups (broad SMARTS) is 1. The van der Waals surface area contributed by atoms with Crippen molar-refractivity contribution < 1.29 is 14.7 Å². The Morgan fingerprint density at radius 3 is 2.59 bits per heavy atom. The predicted molar refractivity (Wildman–Crippen MR) is 85.7 cm³/mol. The van der Waals surface area contributed by atoms with Gasteiger partial charge in [-0.2, -0.15) is 0 Å². The molecule has 1 aromatic rings. The molecule has 1 aliphatic carbocycles. The van der Waals surface area contributed by atoms with E-state index in [1.54, 1.807) is 0 Å². The molecule has 120 valence electrons. The van der Waals surface area contributed by atoms with Crippen molar-refractivity contribution >= 4 is 11.9 Å². The molecule has 22 heavy (non-hydrogen) atoms. The van der Waals surface area contributed by atoms with Gasteiger partial charge in [-0.3, -0.25) is 9.59 Å². The highest BCUT2D eigenvalue weighted by molar-refractivity contribution is 5.79. The Morgan fingerprint density at radius 2 is 1.95 bits per heavy atom. The molecule has 0 bridgehead atoms. The van der Waals surface area contributed by atoms with Crippen LogP contribution in [0.5, 0.6) is 0 Å². The lowest BCUT2D eigenvalue weighted by atomic mass is 9.74. The van der Waals surface area contributed by atoms with Crippen LogP contribution >= 0.6 is 0 Å². The van der Waals surface area contributed by atoms with Gasteiger partial charge in [-0.15, -0.1) is 0 Å². The maximum atomic E-state index is 12.0. The van der Waals surface area contributed by atoms with Gasteiger partial charge in [0.25, 0.3) is 0 Å². The van der Waals surface area contributed by atoms with Crippen molar-refractivity contribution in [3.8, 4) is 0 Å². The van der Waals surface area contributed by atoms with Crippen molar-refractivity contribution in [1.29, 1.82) is 0 Å². The summed E-state index contributed by atoms with van der Waals surface area (Å²) in [7, 11) is 0. The Labute approximate surface area is 131 Å². The minimum atomic E-state index is -0.772. The molecule has 0 aromatic heterocycles. The van der Waals surface area contributed by atoms with E-state index >= 15 is 0 Å². The van der Waals surface area contributed by atoms with E-state index in [2.05, 4.69) is 11.4 Å². The first-order valence-corrected chi connectivity index (χ1v) is 8.07. The number of carboxylic acids is 1. The third-order valence-corrected chi connectivity index (χ3v) is 4.61. The van der Waals surface area contributed by atoms with Crippen LogP contribution in [-0.2, 0) is 16.0 Å². The van der Waals surface area contributed by atoms with Gasteiger partial charge in [0.2, 0.25) is 5.91 Å². The van der Waals surface area contributed by atoms with Crippen LogP contribution in [0.25, 0.3) is 0 Å². The fraction of sp³-hybridized carbons (Fsp3) is 0.556. The number of aryl methyl sites for hydroxylation is 2. The largest absolute Gasteiger partial charge is 0.481 e. The average molecular weight is 303 g/mol. The van der Waals surface area contributed by atoms with Crippen LogP contribution in [-0.4, -0.2) is 23.5 Å². The minimum absolute atomic E-state index is 0.0623.